The predicted molar refractivity (Wildman–Crippen MR) is 84.7 cm³/mol. The summed E-state index contributed by atoms with van der Waals surface area (Å²) in [4.78, 5) is 17.1. The predicted octanol–water partition coefficient (Wildman–Crippen LogP) is 2.97. The van der Waals surface area contributed by atoms with Gasteiger partial charge >= 0.3 is 6.03 Å². The van der Waals surface area contributed by atoms with Crippen LogP contribution in [0.15, 0.2) is 22.0 Å². The van der Waals surface area contributed by atoms with Crippen molar-refractivity contribution in [3.05, 3.63) is 23.4 Å². The Morgan fingerprint density at radius 2 is 2.23 bits per heavy atom. The minimum atomic E-state index is -0.107. The van der Waals surface area contributed by atoms with Crippen LogP contribution in [0.2, 0.25) is 0 Å². The summed E-state index contributed by atoms with van der Waals surface area (Å²) in [5.41, 5.74) is 0. The van der Waals surface area contributed by atoms with Gasteiger partial charge in [0.05, 0.1) is 4.88 Å². The molecule has 2 heterocycles. The molecule has 0 atom stereocenters. The van der Waals surface area contributed by atoms with E-state index < -0.39 is 0 Å². The molecule has 0 aliphatic heterocycles. The van der Waals surface area contributed by atoms with Crippen LogP contribution in [0.5, 0.6) is 0 Å². The van der Waals surface area contributed by atoms with Crippen LogP contribution in [0.25, 0.3) is 10.7 Å². The lowest BCUT2D eigenvalue weighted by molar-refractivity contribution is 0.232. The Morgan fingerprint density at radius 1 is 1.36 bits per heavy atom. The van der Waals surface area contributed by atoms with Crippen LogP contribution >= 0.6 is 11.3 Å². The second-order valence-electron chi connectivity index (χ2n) is 5.47. The van der Waals surface area contributed by atoms with Gasteiger partial charge in [0.2, 0.25) is 11.7 Å². The lowest BCUT2D eigenvalue weighted by Gasteiger charge is -2.22. The van der Waals surface area contributed by atoms with Gasteiger partial charge in [-0.1, -0.05) is 30.5 Å². The Balaban J connectivity index is 1.40. The molecule has 7 heteroatoms. The van der Waals surface area contributed by atoms with Crippen molar-refractivity contribution in [3.8, 4) is 10.7 Å². The Bertz CT molecular complexity index is 590. The van der Waals surface area contributed by atoms with Crippen LogP contribution in [0, 0.1) is 0 Å². The van der Waals surface area contributed by atoms with E-state index in [2.05, 4.69) is 20.8 Å². The van der Waals surface area contributed by atoms with E-state index in [0.29, 0.717) is 30.7 Å². The molecular formula is C15H20N4O2S. The van der Waals surface area contributed by atoms with Crippen molar-refractivity contribution in [2.75, 3.05) is 6.54 Å². The molecule has 3 rings (SSSR count). The first-order valence-electron chi connectivity index (χ1n) is 7.72. The highest BCUT2D eigenvalue weighted by molar-refractivity contribution is 7.13. The summed E-state index contributed by atoms with van der Waals surface area (Å²) in [5, 5.41) is 11.8. The topological polar surface area (TPSA) is 80.1 Å². The number of nitrogens with zero attached hydrogens (tertiary/aromatic N) is 2. The van der Waals surface area contributed by atoms with Crippen molar-refractivity contribution in [3.63, 3.8) is 0 Å². The van der Waals surface area contributed by atoms with Crippen LogP contribution in [0.1, 0.15) is 38.0 Å². The lowest BCUT2D eigenvalue weighted by Crippen LogP contribution is -2.43. The SMILES string of the molecule is O=C(NCCc1nc(-c2cccs2)no1)NC1CCCCC1. The first-order chi connectivity index (χ1) is 10.8. The average molecular weight is 320 g/mol. The molecule has 6 nitrogen and oxygen atoms in total. The average Bonchev–Trinajstić information content (AvgIpc) is 3.19. The van der Waals surface area contributed by atoms with E-state index >= 15 is 0 Å². The molecule has 0 aromatic carbocycles. The van der Waals surface area contributed by atoms with Crippen molar-refractivity contribution in [1.29, 1.82) is 0 Å². The lowest BCUT2D eigenvalue weighted by atomic mass is 9.96. The Labute approximate surface area is 133 Å². The van der Waals surface area contributed by atoms with Crippen molar-refractivity contribution in [2.24, 2.45) is 0 Å². The normalized spacial score (nSPS) is 15.6. The van der Waals surface area contributed by atoms with Crippen molar-refractivity contribution < 1.29 is 9.32 Å². The molecule has 22 heavy (non-hydrogen) atoms. The summed E-state index contributed by atoms with van der Waals surface area (Å²) >= 11 is 1.57. The van der Waals surface area contributed by atoms with E-state index in [1.165, 1.54) is 19.3 Å². The van der Waals surface area contributed by atoms with E-state index in [0.717, 1.165) is 17.7 Å². The molecule has 0 radical (unpaired) electrons. The van der Waals surface area contributed by atoms with Gasteiger partial charge < -0.3 is 15.2 Å². The minimum absolute atomic E-state index is 0.107. The highest BCUT2D eigenvalue weighted by Gasteiger charge is 2.15. The number of urea groups is 1. The van der Waals surface area contributed by atoms with E-state index in [1.54, 1.807) is 11.3 Å². The molecule has 0 bridgehead atoms. The molecule has 0 spiro atoms. The van der Waals surface area contributed by atoms with E-state index in [4.69, 9.17) is 4.52 Å². The molecule has 1 aliphatic rings. The Hall–Kier alpha value is -1.89. The van der Waals surface area contributed by atoms with Crippen LogP contribution in [-0.4, -0.2) is 28.8 Å². The molecule has 1 aliphatic carbocycles. The van der Waals surface area contributed by atoms with Crippen LogP contribution in [-0.2, 0) is 6.42 Å². The highest BCUT2D eigenvalue weighted by Crippen LogP contribution is 2.21. The molecule has 0 unspecified atom stereocenters. The number of nitrogens with one attached hydrogen (secondary N) is 2. The van der Waals surface area contributed by atoms with Gasteiger partial charge in [0.15, 0.2) is 0 Å². The number of carbonyl (C=O) groups is 1. The number of rotatable bonds is 5. The van der Waals surface area contributed by atoms with Crippen molar-refractivity contribution >= 4 is 17.4 Å². The summed E-state index contributed by atoms with van der Waals surface area (Å²) in [7, 11) is 0. The van der Waals surface area contributed by atoms with Crippen molar-refractivity contribution in [2.45, 2.75) is 44.6 Å². The number of hydrogen-bond acceptors (Lipinski definition) is 5. The molecule has 2 aromatic heterocycles. The molecule has 0 saturated heterocycles. The van der Waals surface area contributed by atoms with Gasteiger partial charge in [-0.25, -0.2) is 4.79 Å². The minimum Gasteiger partial charge on any atom is -0.339 e. The van der Waals surface area contributed by atoms with E-state index in [9.17, 15) is 4.79 Å². The van der Waals surface area contributed by atoms with E-state index in [1.807, 2.05) is 17.5 Å². The third-order valence-electron chi connectivity index (χ3n) is 3.77. The second kappa shape index (κ2) is 7.40. The largest absolute Gasteiger partial charge is 0.339 e. The fraction of sp³-hybridized carbons (Fsp3) is 0.533. The van der Waals surface area contributed by atoms with Gasteiger partial charge in [-0.2, -0.15) is 4.98 Å². The molecule has 118 valence electrons. The first kappa shape index (κ1) is 15.0. The Morgan fingerprint density at radius 3 is 3.00 bits per heavy atom. The first-order valence-corrected chi connectivity index (χ1v) is 8.60. The number of aromatic nitrogens is 2. The molecule has 1 fully saturated rings. The maximum atomic E-state index is 11.8. The standard InChI is InChI=1S/C15H20N4O2S/c20-15(17-11-5-2-1-3-6-11)16-9-8-13-18-14(19-21-13)12-7-4-10-22-12/h4,7,10-11H,1-3,5-6,8-9H2,(H2,16,17,20). The number of hydrogen-bond donors (Lipinski definition) is 2. The van der Waals surface area contributed by atoms with Gasteiger partial charge in [-0.05, 0) is 24.3 Å². The van der Waals surface area contributed by atoms with Crippen molar-refractivity contribution in [1.82, 2.24) is 20.8 Å². The molecule has 1 saturated carbocycles. The van der Waals surface area contributed by atoms with Gasteiger partial charge in [0.1, 0.15) is 0 Å². The molecule has 2 aromatic rings. The molecule has 2 amide bonds. The van der Waals surface area contributed by atoms with Crippen LogP contribution < -0.4 is 10.6 Å². The monoisotopic (exact) mass is 320 g/mol. The van der Waals surface area contributed by atoms with Gasteiger partial charge in [0.25, 0.3) is 0 Å². The van der Waals surface area contributed by atoms with Gasteiger partial charge in [0, 0.05) is 19.0 Å². The van der Waals surface area contributed by atoms with Crippen LogP contribution in [0.3, 0.4) is 0 Å². The molecule has 2 N–H and O–H groups in total. The zero-order chi connectivity index (χ0) is 15.2. The third kappa shape index (κ3) is 4.07. The quantitative estimate of drug-likeness (QED) is 0.887. The zero-order valence-corrected chi connectivity index (χ0v) is 13.2. The van der Waals surface area contributed by atoms with Gasteiger partial charge in [-0.15, -0.1) is 11.3 Å². The van der Waals surface area contributed by atoms with Gasteiger partial charge in [-0.3, -0.25) is 0 Å². The summed E-state index contributed by atoms with van der Waals surface area (Å²) in [5.74, 6) is 1.15. The summed E-state index contributed by atoms with van der Waals surface area (Å²) in [6, 6.07) is 4.12. The highest BCUT2D eigenvalue weighted by atomic mass is 32.1. The summed E-state index contributed by atoms with van der Waals surface area (Å²) in [6.07, 6.45) is 6.40. The maximum absolute atomic E-state index is 11.8. The van der Waals surface area contributed by atoms with E-state index in [-0.39, 0.29) is 6.03 Å². The Kier molecular flexibility index (Phi) is 5.05. The fourth-order valence-electron chi connectivity index (χ4n) is 2.63. The summed E-state index contributed by atoms with van der Waals surface area (Å²) < 4.78 is 5.19. The molecular weight excluding hydrogens is 300 g/mol. The fourth-order valence-corrected chi connectivity index (χ4v) is 3.28. The zero-order valence-electron chi connectivity index (χ0n) is 12.4. The third-order valence-corrected chi connectivity index (χ3v) is 4.64. The number of thiophene rings is 1. The van der Waals surface area contributed by atoms with Crippen LogP contribution in [0.4, 0.5) is 4.79 Å². The maximum Gasteiger partial charge on any atom is 0.315 e. The number of carbonyl (C=O) groups excluding carboxylic acids is 1. The smallest absolute Gasteiger partial charge is 0.315 e. The second-order valence-corrected chi connectivity index (χ2v) is 6.42. The number of amides is 2. The summed E-state index contributed by atoms with van der Waals surface area (Å²) in [6.45, 7) is 0.491.